The Balaban J connectivity index is -0.000000365. The van der Waals surface area contributed by atoms with Gasteiger partial charge in [-0.05, 0) is 19.8 Å². The van der Waals surface area contributed by atoms with E-state index in [4.69, 9.17) is 0 Å². The number of ether oxygens (including phenoxy) is 1. The molecule has 1 atom stereocenters. The van der Waals surface area contributed by atoms with E-state index in [1.807, 2.05) is 13.8 Å². The number of carbonyl (C=O) groups is 7. The predicted octanol–water partition coefficient (Wildman–Crippen LogP) is 0.658. The number of carbonyl (C=O) groups excluding carboxylic acids is 7. The summed E-state index contributed by atoms with van der Waals surface area (Å²) in [6, 6.07) is -0.943. The van der Waals surface area contributed by atoms with Crippen LogP contribution in [0.1, 0.15) is 59.1 Å². The minimum Gasteiger partial charge on any atom is -0.445 e. The number of hydrogen-bond donors (Lipinski definition) is 4. The second kappa shape index (κ2) is 21.3. The van der Waals surface area contributed by atoms with Crippen LogP contribution in [0.5, 0.6) is 0 Å². The summed E-state index contributed by atoms with van der Waals surface area (Å²) in [6.45, 7) is 11.9. The van der Waals surface area contributed by atoms with Crippen molar-refractivity contribution in [2.75, 3.05) is 26.4 Å². The Kier molecular flexibility index (Phi) is 20.2. The van der Waals surface area contributed by atoms with Crippen molar-refractivity contribution in [3.63, 3.8) is 0 Å². The number of nitrogens with zero attached hydrogens (tertiary/aromatic N) is 1. The third-order valence-corrected chi connectivity index (χ3v) is 4.37. The number of unbranched alkanes of at least 4 members (excludes halogenated alkanes) is 2. The minimum absolute atomic E-state index is 0. The summed E-state index contributed by atoms with van der Waals surface area (Å²) in [5.74, 6) is -3.35. The molecule has 0 spiro atoms. The van der Waals surface area contributed by atoms with Gasteiger partial charge >= 0.3 is 5.97 Å². The second-order valence-electron chi connectivity index (χ2n) is 7.14. The highest BCUT2D eigenvalue weighted by molar-refractivity contribution is 6.12. The number of amides is 6. The molecule has 0 aromatic rings. The van der Waals surface area contributed by atoms with Gasteiger partial charge < -0.3 is 26.0 Å². The molecule has 1 heterocycles. The van der Waals surface area contributed by atoms with E-state index >= 15 is 0 Å². The van der Waals surface area contributed by atoms with Crippen molar-refractivity contribution in [1.29, 1.82) is 0 Å². The van der Waals surface area contributed by atoms with Crippen LogP contribution >= 0.6 is 0 Å². The van der Waals surface area contributed by atoms with Gasteiger partial charge in [-0.1, -0.05) is 20.3 Å². The van der Waals surface area contributed by atoms with Crippen LogP contribution in [0.3, 0.4) is 0 Å². The second-order valence-corrected chi connectivity index (χ2v) is 7.14. The van der Waals surface area contributed by atoms with E-state index in [-0.39, 0.29) is 49.7 Å². The van der Waals surface area contributed by atoms with E-state index in [0.717, 1.165) is 4.90 Å². The van der Waals surface area contributed by atoms with E-state index in [0.29, 0.717) is 25.8 Å². The fourth-order valence-electron chi connectivity index (χ4n) is 2.61. The Hall–Kier alpha value is -4.03. The van der Waals surface area contributed by atoms with E-state index in [9.17, 15) is 33.6 Å². The normalized spacial score (nSPS) is 12.2. The van der Waals surface area contributed by atoms with Crippen molar-refractivity contribution < 1.29 is 44.0 Å². The SMILES string of the molecule is C=C.CC.CC(=O)OCNC(=O)CNC(=O)[C@H](C)NC(=O)CNC(=O)CCCCCN1C(=O)C=CC1=O.[HH].[HH].[HH].[HH]. The lowest BCUT2D eigenvalue weighted by molar-refractivity contribution is -0.143. The molecule has 1 aliphatic heterocycles. The molecule has 0 saturated heterocycles. The summed E-state index contributed by atoms with van der Waals surface area (Å²) < 4.78 is 4.53. The third kappa shape index (κ3) is 17.1. The first-order valence-electron chi connectivity index (χ1n) is 11.9. The lowest BCUT2D eigenvalue weighted by Crippen LogP contribution is -2.49. The highest BCUT2D eigenvalue weighted by Gasteiger charge is 2.22. The van der Waals surface area contributed by atoms with Crippen LogP contribution in [-0.2, 0) is 38.3 Å². The Morgan fingerprint density at radius 3 is 2.03 bits per heavy atom. The largest absolute Gasteiger partial charge is 0.445 e. The molecule has 0 fully saturated rings. The third-order valence-electron chi connectivity index (χ3n) is 4.37. The van der Waals surface area contributed by atoms with E-state index in [1.54, 1.807) is 0 Å². The zero-order valence-electron chi connectivity index (χ0n) is 22.0. The zero-order chi connectivity index (χ0) is 28.8. The monoisotopic (exact) mass is 533 g/mol. The molecular weight excluding hydrogens is 486 g/mol. The maximum absolute atomic E-state index is 11.9. The van der Waals surface area contributed by atoms with Crippen molar-refractivity contribution in [2.24, 2.45) is 0 Å². The lowest BCUT2D eigenvalue weighted by Gasteiger charge is -2.14. The molecule has 1 aliphatic rings. The van der Waals surface area contributed by atoms with Gasteiger partial charge in [0.1, 0.15) is 6.04 Å². The van der Waals surface area contributed by atoms with Crippen molar-refractivity contribution in [2.45, 2.75) is 59.4 Å². The highest BCUT2D eigenvalue weighted by Crippen LogP contribution is 2.07. The van der Waals surface area contributed by atoms with Crippen LogP contribution in [0, 0.1) is 0 Å². The van der Waals surface area contributed by atoms with Gasteiger partial charge in [-0.3, -0.25) is 38.5 Å². The maximum atomic E-state index is 11.9. The summed E-state index contributed by atoms with van der Waals surface area (Å²) in [4.78, 5) is 81.6. The first-order valence-corrected chi connectivity index (χ1v) is 11.9. The van der Waals surface area contributed by atoms with Crippen LogP contribution in [0.2, 0.25) is 0 Å². The number of esters is 1. The maximum Gasteiger partial charge on any atom is 0.304 e. The fourth-order valence-corrected chi connectivity index (χ4v) is 2.61. The molecule has 13 nitrogen and oxygen atoms in total. The fraction of sp³-hybridized carbons (Fsp3) is 0.542. The molecule has 0 aromatic heterocycles. The molecule has 6 amide bonds. The number of rotatable bonds is 14. The Morgan fingerprint density at radius 2 is 1.46 bits per heavy atom. The van der Waals surface area contributed by atoms with Gasteiger partial charge in [0.25, 0.3) is 11.8 Å². The quantitative estimate of drug-likeness (QED) is 0.0826. The van der Waals surface area contributed by atoms with Gasteiger partial charge in [0, 0.05) is 37.7 Å². The summed E-state index contributed by atoms with van der Waals surface area (Å²) in [6.07, 6.45) is 4.33. The Morgan fingerprint density at radius 1 is 0.892 bits per heavy atom. The minimum atomic E-state index is -0.943. The molecule has 0 aliphatic carbocycles. The van der Waals surface area contributed by atoms with Crippen LogP contribution in [0.25, 0.3) is 0 Å². The van der Waals surface area contributed by atoms with Crippen molar-refractivity contribution in [3.05, 3.63) is 25.3 Å². The van der Waals surface area contributed by atoms with Crippen molar-refractivity contribution in [3.8, 4) is 0 Å². The molecule has 13 heteroatoms. The molecule has 0 radical (unpaired) electrons. The smallest absolute Gasteiger partial charge is 0.304 e. The molecule has 0 bridgehead atoms. The molecule has 1 rings (SSSR count). The molecular formula is C24H47N5O8. The van der Waals surface area contributed by atoms with E-state index in [1.165, 1.54) is 26.0 Å². The lowest BCUT2D eigenvalue weighted by atomic mass is 10.2. The standard InChI is InChI=1S/C20H29N5O8.C2H6.C2H4.4H2/c1-13(20(32)22-10-16(28)23-12-33-14(2)26)24-17(29)11-21-15(27)6-4-3-5-9-25-18(30)7-8-19(25)31;2*1-2;;;;/h7-8,13H,3-6,9-12H2,1-2H3,(H,21,27)(H,22,32)(H,23,28)(H,24,29);1-2H3;1-2H2;4*1H/t13-;;;;;;/m0....../s1. The number of hydrogen-bond acceptors (Lipinski definition) is 8. The van der Waals surface area contributed by atoms with Crippen molar-refractivity contribution >= 4 is 41.4 Å². The van der Waals surface area contributed by atoms with Gasteiger partial charge in [-0.2, -0.15) is 0 Å². The molecule has 216 valence electrons. The van der Waals surface area contributed by atoms with Crippen molar-refractivity contribution in [1.82, 2.24) is 26.2 Å². The van der Waals surface area contributed by atoms with Gasteiger partial charge in [-0.15, -0.1) is 13.2 Å². The molecule has 0 saturated carbocycles. The average molecular weight is 534 g/mol. The Bertz CT molecular complexity index is 829. The highest BCUT2D eigenvalue weighted by atomic mass is 16.5. The number of nitrogens with one attached hydrogen (secondary N) is 4. The summed E-state index contributed by atoms with van der Waals surface area (Å²) >= 11 is 0. The molecule has 0 unspecified atom stereocenters. The zero-order valence-corrected chi connectivity index (χ0v) is 22.0. The van der Waals surface area contributed by atoms with Crippen LogP contribution < -0.4 is 21.3 Å². The summed E-state index contributed by atoms with van der Waals surface area (Å²) in [7, 11) is 0. The van der Waals surface area contributed by atoms with Gasteiger partial charge in [0.15, 0.2) is 6.73 Å². The van der Waals surface area contributed by atoms with Crippen LogP contribution in [0.15, 0.2) is 25.3 Å². The summed E-state index contributed by atoms with van der Waals surface area (Å²) in [5, 5.41) is 9.40. The van der Waals surface area contributed by atoms with Crippen LogP contribution in [0.4, 0.5) is 0 Å². The van der Waals surface area contributed by atoms with Crippen LogP contribution in [-0.4, -0.2) is 78.7 Å². The topological polar surface area (TPSA) is 180 Å². The molecule has 4 N–H and O–H groups in total. The van der Waals surface area contributed by atoms with E-state index in [2.05, 4.69) is 39.2 Å². The van der Waals surface area contributed by atoms with Gasteiger partial charge in [0.2, 0.25) is 23.6 Å². The van der Waals surface area contributed by atoms with E-state index < -0.39 is 29.7 Å². The first kappa shape index (κ1) is 35.1. The average Bonchev–Trinajstić information content (AvgIpc) is 3.20. The Labute approximate surface area is 223 Å². The summed E-state index contributed by atoms with van der Waals surface area (Å²) in [5.41, 5.74) is 0. The number of imide groups is 1. The molecule has 0 aromatic carbocycles. The first-order chi connectivity index (χ1) is 17.6. The molecule has 37 heavy (non-hydrogen) atoms. The van der Waals surface area contributed by atoms with Gasteiger partial charge in [0.05, 0.1) is 13.1 Å². The van der Waals surface area contributed by atoms with Gasteiger partial charge in [-0.25, -0.2) is 0 Å². The predicted molar refractivity (Wildman–Crippen MR) is 144 cm³/mol.